The molecule has 0 aliphatic heterocycles. The van der Waals surface area contributed by atoms with Crippen LogP contribution in [0.4, 0.5) is 0 Å². The van der Waals surface area contributed by atoms with Crippen LogP contribution in [0.3, 0.4) is 0 Å². The number of rotatable bonds is 8. The molecule has 19 heavy (non-hydrogen) atoms. The van der Waals surface area contributed by atoms with Crippen molar-refractivity contribution < 1.29 is 0 Å². The normalized spacial score (nSPS) is 17.1. The van der Waals surface area contributed by atoms with Crippen molar-refractivity contribution in [3.8, 4) is 0 Å². The van der Waals surface area contributed by atoms with Crippen LogP contribution >= 0.6 is 0 Å². The summed E-state index contributed by atoms with van der Waals surface area (Å²) < 4.78 is 0. The fourth-order valence-corrected chi connectivity index (χ4v) is 2.49. The van der Waals surface area contributed by atoms with Crippen LogP contribution in [0, 0.1) is 5.92 Å². The SMILES string of the molecule is CC(C)N(C)CCCNC(c1ccccc1)C1CC1. The molecule has 0 spiro atoms. The Morgan fingerprint density at radius 1 is 1.21 bits per heavy atom. The van der Waals surface area contributed by atoms with Crippen molar-refractivity contribution in [3.63, 3.8) is 0 Å². The zero-order valence-corrected chi connectivity index (χ0v) is 12.6. The highest BCUT2D eigenvalue weighted by Gasteiger charge is 2.31. The molecule has 1 fully saturated rings. The van der Waals surface area contributed by atoms with E-state index < -0.39 is 0 Å². The van der Waals surface area contributed by atoms with Gasteiger partial charge in [-0.15, -0.1) is 0 Å². The van der Waals surface area contributed by atoms with Crippen molar-refractivity contribution in [2.24, 2.45) is 5.92 Å². The van der Waals surface area contributed by atoms with Crippen molar-refractivity contribution in [1.29, 1.82) is 0 Å². The van der Waals surface area contributed by atoms with Crippen LogP contribution in [0.1, 0.15) is 44.7 Å². The third-order valence-corrected chi connectivity index (χ3v) is 4.19. The van der Waals surface area contributed by atoms with Crippen molar-refractivity contribution in [2.45, 2.75) is 45.2 Å². The molecule has 2 heteroatoms. The summed E-state index contributed by atoms with van der Waals surface area (Å²) in [6.07, 6.45) is 4.00. The van der Waals surface area contributed by atoms with E-state index in [0.717, 1.165) is 12.5 Å². The van der Waals surface area contributed by atoms with Crippen LogP contribution in [0.5, 0.6) is 0 Å². The summed E-state index contributed by atoms with van der Waals surface area (Å²) in [6, 6.07) is 12.1. The van der Waals surface area contributed by atoms with Gasteiger partial charge in [-0.05, 0) is 64.7 Å². The Morgan fingerprint density at radius 3 is 2.47 bits per heavy atom. The number of benzene rings is 1. The highest BCUT2D eigenvalue weighted by molar-refractivity contribution is 5.21. The van der Waals surface area contributed by atoms with Gasteiger partial charge in [0, 0.05) is 12.1 Å². The molecule has 1 aromatic carbocycles. The van der Waals surface area contributed by atoms with E-state index in [1.165, 1.54) is 31.4 Å². The zero-order valence-electron chi connectivity index (χ0n) is 12.6. The van der Waals surface area contributed by atoms with E-state index in [1.54, 1.807) is 0 Å². The van der Waals surface area contributed by atoms with Crippen LogP contribution < -0.4 is 5.32 Å². The van der Waals surface area contributed by atoms with Gasteiger partial charge in [0.1, 0.15) is 0 Å². The first-order valence-corrected chi connectivity index (χ1v) is 7.67. The smallest absolute Gasteiger partial charge is 0.0348 e. The van der Waals surface area contributed by atoms with Crippen LogP contribution in [-0.2, 0) is 0 Å². The van der Waals surface area contributed by atoms with Gasteiger partial charge >= 0.3 is 0 Å². The summed E-state index contributed by atoms with van der Waals surface area (Å²) in [7, 11) is 2.21. The average Bonchev–Trinajstić information content (AvgIpc) is 3.23. The predicted molar refractivity (Wildman–Crippen MR) is 82.3 cm³/mol. The Balaban J connectivity index is 1.76. The zero-order chi connectivity index (χ0) is 13.7. The third kappa shape index (κ3) is 4.63. The molecule has 1 atom stereocenters. The van der Waals surface area contributed by atoms with E-state index in [-0.39, 0.29) is 0 Å². The lowest BCUT2D eigenvalue weighted by atomic mass is 10.0. The largest absolute Gasteiger partial charge is 0.310 e. The van der Waals surface area contributed by atoms with Crippen LogP contribution in [0.15, 0.2) is 30.3 Å². The fourth-order valence-electron chi connectivity index (χ4n) is 2.49. The number of hydrogen-bond acceptors (Lipinski definition) is 2. The molecule has 1 aromatic rings. The second-order valence-corrected chi connectivity index (χ2v) is 6.11. The number of hydrogen-bond donors (Lipinski definition) is 1. The summed E-state index contributed by atoms with van der Waals surface area (Å²) in [5.74, 6) is 0.866. The molecule has 1 unspecified atom stereocenters. The van der Waals surface area contributed by atoms with E-state index in [4.69, 9.17) is 0 Å². The van der Waals surface area contributed by atoms with Crippen molar-refractivity contribution in [3.05, 3.63) is 35.9 Å². The number of nitrogens with one attached hydrogen (secondary N) is 1. The molecule has 106 valence electrons. The topological polar surface area (TPSA) is 15.3 Å². The van der Waals surface area contributed by atoms with Gasteiger partial charge in [0.2, 0.25) is 0 Å². The maximum absolute atomic E-state index is 3.77. The quantitative estimate of drug-likeness (QED) is 0.720. The van der Waals surface area contributed by atoms with Gasteiger partial charge in [-0.25, -0.2) is 0 Å². The molecule has 1 saturated carbocycles. The lowest BCUT2D eigenvalue weighted by Crippen LogP contribution is -2.31. The Labute approximate surface area is 118 Å². The summed E-state index contributed by atoms with van der Waals surface area (Å²) in [4.78, 5) is 2.41. The van der Waals surface area contributed by atoms with Crippen molar-refractivity contribution in [1.82, 2.24) is 10.2 Å². The van der Waals surface area contributed by atoms with Gasteiger partial charge in [-0.1, -0.05) is 30.3 Å². The van der Waals surface area contributed by atoms with Crippen molar-refractivity contribution >= 4 is 0 Å². The Hall–Kier alpha value is -0.860. The van der Waals surface area contributed by atoms with Crippen LogP contribution in [0.25, 0.3) is 0 Å². The number of nitrogens with zero attached hydrogens (tertiary/aromatic N) is 1. The Bertz CT molecular complexity index is 357. The Morgan fingerprint density at radius 2 is 1.89 bits per heavy atom. The third-order valence-electron chi connectivity index (χ3n) is 4.19. The Kier molecular flexibility index (Phi) is 5.41. The van der Waals surface area contributed by atoms with Crippen molar-refractivity contribution in [2.75, 3.05) is 20.1 Å². The summed E-state index contributed by atoms with van der Waals surface area (Å²) in [6.45, 7) is 6.80. The molecular weight excluding hydrogens is 232 g/mol. The molecule has 1 aliphatic carbocycles. The monoisotopic (exact) mass is 260 g/mol. The molecule has 1 N–H and O–H groups in total. The average molecular weight is 260 g/mol. The highest BCUT2D eigenvalue weighted by atomic mass is 15.1. The first-order valence-electron chi connectivity index (χ1n) is 7.67. The molecule has 0 amide bonds. The van der Waals surface area contributed by atoms with E-state index in [1.807, 2.05) is 0 Å². The maximum atomic E-state index is 3.77. The van der Waals surface area contributed by atoms with Gasteiger partial charge in [0.05, 0.1) is 0 Å². The fraction of sp³-hybridized carbons (Fsp3) is 0.647. The summed E-state index contributed by atoms with van der Waals surface area (Å²) in [5.41, 5.74) is 1.46. The van der Waals surface area contributed by atoms with E-state index >= 15 is 0 Å². The lowest BCUT2D eigenvalue weighted by molar-refractivity contribution is 0.267. The minimum atomic E-state index is 0.575. The van der Waals surface area contributed by atoms with Gasteiger partial charge in [0.25, 0.3) is 0 Å². The van der Waals surface area contributed by atoms with Crippen LogP contribution in [-0.4, -0.2) is 31.1 Å². The second-order valence-electron chi connectivity index (χ2n) is 6.11. The molecule has 2 rings (SSSR count). The van der Waals surface area contributed by atoms with Gasteiger partial charge < -0.3 is 10.2 Å². The minimum Gasteiger partial charge on any atom is -0.310 e. The molecule has 0 aromatic heterocycles. The highest BCUT2D eigenvalue weighted by Crippen LogP contribution is 2.40. The second kappa shape index (κ2) is 7.06. The minimum absolute atomic E-state index is 0.575. The van der Waals surface area contributed by atoms with Gasteiger partial charge in [-0.3, -0.25) is 0 Å². The molecule has 0 radical (unpaired) electrons. The summed E-state index contributed by atoms with van der Waals surface area (Å²) >= 11 is 0. The molecule has 0 bridgehead atoms. The van der Waals surface area contributed by atoms with Gasteiger partial charge in [0.15, 0.2) is 0 Å². The van der Waals surface area contributed by atoms with Gasteiger partial charge in [-0.2, -0.15) is 0 Å². The van der Waals surface area contributed by atoms with E-state index in [0.29, 0.717) is 12.1 Å². The summed E-state index contributed by atoms with van der Waals surface area (Å²) in [5, 5.41) is 3.77. The molecular formula is C17H28N2. The standard InChI is InChI=1S/C17H28N2/c1-14(2)19(3)13-7-12-18-17(16-10-11-16)15-8-5-4-6-9-15/h4-6,8-9,14,16-18H,7,10-13H2,1-3H3. The molecule has 1 aliphatic rings. The van der Waals surface area contributed by atoms with E-state index in [2.05, 4.69) is 61.4 Å². The van der Waals surface area contributed by atoms with E-state index in [9.17, 15) is 0 Å². The maximum Gasteiger partial charge on any atom is 0.0348 e. The molecule has 2 nitrogen and oxygen atoms in total. The molecule has 0 saturated heterocycles. The first kappa shape index (κ1) is 14.5. The lowest BCUT2D eigenvalue weighted by Gasteiger charge is -2.23. The molecule has 0 heterocycles. The first-order chi connectivity index (χ1) is 9.18. The van der Waals surface area contributed by atoms with Crippen LogP contribution in [0.2, 0.25) is 0 Å². The predicted octanol–water partition coefficient (Wildman–Crippen LogP) is 3.46.